The van der Waals surface area contributed by atoms with Crippen molar-refractivity contribution in [2.75, 3.05) is 51.4 Å². The molecule has 92 valence electrons. The van der Waals surface area contributed by atoms with Gasteiger partial charge in [0.05, 0.1) is 26.4 Å². The van der Waals surface area contributed by atoms with E-state index in [1.54, 1.807) is 0 Å². The van der Waals surface area contributed by atoms with E-state index in [-0.39, 0.29) is 0 Å². The van der Waals surface area contributed by atoms with Crippen LogP contribution in [-0.2, 0) is 14.2 Å². The highest BCUT2D eigenvalue weighted by Gasteiger charge is 1.91. The SMILES string of the molecule is ClCCOCCCCOCCOCCCl. The molecule has 5 heteroatoms. The molecule has 0 aliphatic carbocycles. The largest absolute Gasteiger partial charge is 0.380 e. The Kier molecular flexibility index (Phi) is 14.9. The van der Waals surface area contributed by atoms with Gasteiger partial charge in [-0.2, -0.15) is 0 Å². The first-order valence-corrected chi connectivity index (χ1v) is 6.34. The zero-order valence-electron chi connectivity index (χ0n) is 9.05. The Balaban J connectivity index is 2.81. The van der Waals surface area contributed by atoms with Crippen LogP contribution in [0.5, 0.6) is 0 Å². The molecule has 0 fully saturated rings. The van der Waals surface area contributed by atoms with Crippen LogP contribution >= 0.6 is 23.2 Å². The third-order valence-electron chi connectivity index (χ3n) is 1.64. The standard InChI is InChI=1S/C10H20Cl2O3/c11-3-7-13-5-1-2-6-14-9-10-15-8-4-12/h1-10H2. The van der Waals surface area contributed by atoms with Crippen molar-refractivity contribution in [3.63, 3.8) is 0 Å². The Hall–Kier alpha value is 0.460. The maximum Gasteiger partial charge on any atom is 0.0701 e. The first-order chi connectivity index (χ1) is 7.41. The van der Waals surface area contributed by atoms with Crippen molar-refractivity contribution < 1.29 is 14.2 Å². The van der Waals surface area contributed by atoms with E-state index in [1.807, 2.05) is 0 Å². The summed E-state index contributed by atoms with van der Waals surface area (Å²) in [6, 6.07) is 0. The van der Waals surface area contributed by atoms with Gasteiger partial charge in [0.2, 0.25) is 0 Å². The number of hydrogen-bond acceptors (Lipinski definition) is 3. The fraction of sp³-hybridized carbons (Fsp3) is 1.00. The van der Waals surface area contributed by atoms with Gasteiger partial charge in [-0.25, -0.2) is 0 Å². The number of halogens is 2. The van der Waals surface area contributed by atoms with E-state index >= 15 is 0 Å². The van der Waals surface area contributed by atoms with Crippen LogP contribution in [0.3, 0.4) is 0 Å². The average molecular weight is 259 g/mol. The number of hydrogen-bond donors (Lipinski definition) is 0. The van der Waals surface area contributed by atoms with E-state index < -0.39 is 0 Å². The molecule has 0 rings (SSSR count). The van der Waals surface area contributed by atoms with Crippen LogP contribution < -0.4 is 0 Å². The van der Waals surface area contributed by atoms with Crippen LogP contribution in [0.4, 0.5) is 0 Å². The average Bonchev–Trinajstić information content (AvgIpc) is 2.26. The molecule has 0 saturated carbocycles. The highest BCUT2D eigenvalue weighted by Crippen LogP contribution is 1.92. The second kappa shape index (κ2) is 14.5. The van der Waals surface area contributed by atoms with Gasteiger partial charge in [0, 0.05) is 25.0 Å². The van der Waals surface area contributed by atoms with Crippen molar-refractivity contribution in [2.24, 2.45) is 0 Å². The molecule has 0 unspecified atom stereocenters. The predicted octanol–water partition coefficient (Wildman–Crippen LogP) is 2.29. The highest BCUT2D eigenvalue weighted by molar-refractivity contribution is 6.18. The molecule has 0 saturated heterocycles. The first-order valence-electron chi connectivity index (χ1n) is 5.27. The van der Waals surface area contributed by atoms with Crippen molar-refractivity contribution in [1.29, 1.82) is 0 Å². The van der Waals surface area contributed by atoms with Gasteiger partial charge >= 0.3 is 0 Å². The van der Waals surface area contributed by atoms with Crippen molar-refractivity contribution in [3.8, 4) is 0 Å². The van der Waals surface area contributed by atoms with E-state index in [9.17, 15) is 0 Å². The molecule has 0 amide bonds. The van der Waals surface area contributed by atoms with Gasteiger partial charge in [-0.15, -0.1) is 23.2 Å². The minimum atomic E-state index is 0.540. The number of ether oxygens (including phenoxy) is 3. The zero-order chi connectivity index (χ0) is 11.2. The Morgan fingerprint density at radius 2 is 0.933 bits per heavy atom. The molecule has 0 aromatic carbocycles. The molecular weight excluding hydrogens is 239 g/mol. The van der Waals surface area contributed by atoms with E-state index in [2.05, 4.69) is 0 Å². The Bertz CT molecular complexity index is 103. The van der Waals surface area contributed by atoms with Gasteiger partial charge in [-0.3, -0.25) is 0 Å². The van der Waals surface area contributed by atoms with Crippen LogP contribution in [0.25, 0.3) is 0 Å². The van der Waals surface area contributed by atoms with Crippen LogP contribution in [0.1, 0.15) is 12.8 Å². The van der Waals surface area contributed by atoms with Crippen molar-refractivity contribution in [3.05, 3.63) is 0 Å². The Morgan fingerprint density at radius 1 is 0.533 bits per heavy atom. The molecule has 15 heavy (non-hydrogen) atoms. The molecule has 0 aliphatic heterocycles. The first kappa shape index (κ1) is 15.5. The molecule has 0 spiro atoms. The minimum absolute atomic E-state index is 0.540. The summed E-state index contributed by atoms with van der Waals surface area (Å²) in [5, 5.41) is 0. The van der Waals surface area contributed by atoms with Crippen LogP contribution in [0.2, 0.25) is 0 Å². The number of alkyl halides is 2. The predicted molar refractivity (Wildman–Crippen MR) is 63.1 cm³/mol. The summed E-state index contributed by atoms with van der Waals surface area (Å²) in [5.74, 6) is 1.10. The zero-order valence-corrected chi connectivity index (χ0v) is 10.6. The molecule has 0 bridgehead atoms. The van der Waals surface area contributed by atoms with Crippen LogP contribution in [-0.4, -0.2) is 51.4 Å². The summed E-state index contributed by atoms with van der Waals surface area (Å²) in [5.41, 5.74) is 0. The molecular formula is C10H20Cl2O3. The van der Waals surface area contributed by atoms with Crippen molar-refractivity contribution in [2.45, 2.75) is 12.8 Å². The molecule has 3 nitrogen and oxygen atoms in total. The topological polar surface area (TPSA) is 27.7 Å². The lowest BCUT2D eigenvalue weighted by atomic mass is 10.3. The molecule has 0 heterocycles. The van der Waals surface area contributed by atoms with Crippen molar-refractivity contribution >= 4 is 23.2 Å². The highest BCUT2D eigenvalue weighted by atomic mass is 35.5. The summed E-state index contributed by atoms with van der Waals surface area (Å²) in [7, 11) is 0. The summed E-state index contributed by atoms with van der Waals surface area (Å²) in [6.45, 7) is 4.01. The van der Waals surface area contributed by atoms with Gasteiger partial charge in [0.25, 0.3) is 0 Å². The van der Waals surface area contributed by atoms with E-state index in [1.165, 1.54) is 0 Å². The monoisotopic (exact) mass is 258 g/mol. The van der Waals surface area contributed by atoms with E-state index in [4.69, 9.17) is 37.4 Å². The maximum atomic E-state index is 5.45. The summed E-state index contributed by atoms with van der Waals surface area (Å²) >= 11 is 10.9. The van der Waals surface area contributed by atoms with Gasteiger partial charge < -0.3 is 14.2 Å². The minimum Gasteiger partial charge on any atom is -0.380 e. The number of rotatable bonds is 12. The molecule has 0 atom stereocenters. The van der Waals surface area contributed by atoms with Gasteiger partial charge in [0.15, 0.2) is 0 Å². The third kappa shape index (κ3) is 14.5. The van der Waals surface area contributed by atoms with E-state index in [0.717, 1.165) is 26.1 Å². The summed E-state index contributed by atoms with van der Waals surface area (Å²) in [4.78, 5) is 0. The number of unbranched alkanes of at least 4 members (excludes halogenated alkanes) is 1. The smallest absolute Gasteiger partial charge is 0.0701 e. The van der Waals surface area contributed by atoms with Gasteiger partial charge in [-0.05, 0) is 12.8 Å². The van der Waals surface area contributed by atoms with Crippen molar-refractivity contribution in [1.82, 2.24) is 0 Å². The molecule has 0 N–H and O–H groups in total. The van der Waals surface area contributed by atoms with Crippen LogP contribution in [0, 0.1) is 0 Å². The third-order valence-corrected chi connectivity index (χ3v) is 1.95. The Labute approximate surface area is 102 Å². The quantitative estimate of drug-likeness (QED) is 0.397. The second-order valence-corrected chi connectivity index (χ2v) is 3.68. The molecule has 0 aliphatic rings. The van der Waals surface area contributed by atoms with Gasteiger partial charge in [0.1, 0.15) is 0 Å². The molecule has 0 radical (unpaired) electrons. The lowest BCUT2D eigenvalue weighted by Crippen LogP contribution is -2.07. The molecule has 0 aromatic rings. The normalized spacial score (nSPS) is 10.8. The molecule has 0 aromatic heterocycles. The Morgan fingerprint density at radius 3 is 1.40 bits per heavy atom. The summed E-state index contributed by atoms with van der Waals surface area (Å²) < 4.78 is 15.7. The second-order valence-electron chi connectivity index (χ2n) is 2.92. The van der Waals surface area contributed by atoms with E-state index in [0.29, 0.717) is 38.2 Å². The summed E-state index contributed by atoms with van der Waals surface area (Å²) in [6.07, 6.45) is 2.03. The fourth-order valence-corrected chi connectivity index (χ4v) is 1.16. The van der Waals surface area contributed by atoms with Crippen LogP contribution in [0.15, 0.2) is 0 Å². The fourth-order valence-electron chi connectivity index (χ4n) is 0.941. The van der Waals surface area contributed by atoms with Gasteiger partial charge in [-0.1, -0.05) is 0 Å². The lowest BCUT2D eigenvalue weighted by Gasteiger charge is -2.05. The maximum absolute atomic E-state index is 5.45. The lowest BCUT2D eigenvalue weighted by molar-refractivity contribution is 0.0488.